The predicted octanol–water partition coefficient (Wildman–Crippen LogP) is 3.36. The van der Waals surface area contributed by atoms with Crippen molar-refractivity contribution in [3.05, 3.63) is 70.3 Å². The lowest BCUT2D eigenvalue weighted by molar-refractivity contribution is 0.0470. The molecule has 0 aliphatic rings. The fourth-order valence-corrected chi connectivity index (χ4v) is 2.07. The van der Waals surface area contributed by atoms with Crippen LogP contribution in [0.25, 0.3) is 0 Å². The van der Waals surface area contributed by atoms with E-state index < -0.39 is 11.9 Å². The van der Waals surface area contributed by atoms with Crippen molar-refractivity contribution in [2.45, 2.75) is 20.5 Å². The Bertz CT molecular complexity index is 675. The van der Waals surface area contributed by atoms with Gasteiger partial charge >= 0.3 is 11.9 Å². The number of rotatable bonds is 4. The highest BCUT2D eigenvalue weighted by molar-refractivity contribution is 5.95. The molecule has 108 valence electrons. The molecule has 0 aliphatic heterocycles. The van der Waals surface area contributed by atoms with Crippen molar-refractivity contribution >= 4 is 11.9 Å². The summed E-state index contributed by atoms with van der Waals surface area (Å²) in [6.45, 7) is 3.60. The van der Waals surface area contributed by atoms with Crippen molar-refractivity contribution in [3.8, 4) is 0 Å². The minimum absolute atomic E-state index is 0.193. The standard InChI is InChI=1S/C17H16O4/c1-11-12(2)15(9-8-14(11)16(18)19)17(20)21-10-13-6-4-3-5-7-13/h3-9H,10H2,1-2H3,(H,18,19). The van der Waals surface area contributed by atoms with E-state index in [0.29, 0.717) is 16.7 Å². The number of esters is 1. The van der Waals surface area contributed by atoms with E-state index in [1.807, 2.05) is 30.3 Å². The largest absolute Gasteiger partial charge is 0.478 e. The average Bonchev–Trinajstić information content (AvgIpc) is 2.48. The van der Waals surface area contributed by atoms with Gasteiger partial charge in [0.25, 0.3) is 0 Å². The van der Waals surface area contributed by atoms with Crippen molar-refractivity contribution in [1.29, 1.82) is 0 Å². The van der Waals surface area contributed by atoms with Gasteiger partial charge in [-0.25, -0.2) is 9.59 Å². The molecule has 2 rings (SSSR count). The fraction of sp³-hybridized carbons (Fsp3) is 0.176. The molecule has 4 heteroatoms. The van der Waals surface area contributed by atoms with Gasteiger partial charge in [-0.05, 0) is 42.7 Å². The lowest BCUT2D eigenvalue weighted by Crippen LogP contribution is -2.10. The number of aromatic carboxylic acids is 1. The van der Waals surface area contributed by atoms with Crippen LogP contribution in [0.5, 0.6) is 0 Å². The van der Waals surface area contributed by atoms with E-state index in [0.717, 1.165) is 5.56 Å². The first kappa shape index (κ1) is 14.8. The lowest BCUT2D eigenvalue weighted by Gasteiger charge is -2.11. The highest BCUT2D eigenvalue weighted by atomic mass is 16.5. The number of carbonyl (C=O) groups excluding carboxylic acids is 1. The van der Waals surface area contributed by atoms with Crippen molar-refractivity contribution in [2.75, 3.05) is 0 Å². The zero-order valence-corrected chi connectivity index (χ0v) is 11.9. The van der Waals surface area contributed by atoms with Crippen LogP contribution in [0.15, 0.2) is 42.5 Å². The molecule has 0 radical (unpaired) electrons. The van der Waals surface area contributed by atoms with Crippen LogP contribution in [0.3, 0.4) is 0 Å². The van der Waals surface area contributed by atoms with E-state index in [1.54, 1.807) is 13.8 Å². The molecule has 0 amide bonds. The molecular weight excluding hydrogens is 268 g/mol. The Morgan fingerprint density at radius 2 is 1.52 bits per heavy atom. The van der Waals surface area contributed by atoms with Crippen LogP contribution >= 0.6 is 0 Å². The molecule has 0 aliphatic carbocycles. The first-order valence-electron chi connectivity index (χ1n) is 6.55. The van der Waals surface area contributed by atoms with Crippen molar-refractivity contribution in [1.82, 2.24) is 0 Å². The average molecular weight is 284 g/mol. The molecule has 1 N–H and O–H groups in total. The van der Waals surface area contributed by atoms with Gasteiger partial charge in [-0.2, -0.15) is 0 Å². The first-order valence-corrected chi connectivity index (χ1v) is 6.55. The van der Waals surface area contributed by atoms with E-state index in [4.69, 9.17) is 9.84 Å². The Morgan fingerprint density at radius 1 is 0.952 bits per heavy atom. The Balaban J connectivity index is 2.16. The number of carbonyl (C=O) groups is 2. The molecule has 0 saturated heterocycles. The minimum Gasteiger partial charge on any atom is -0.478 e. The highest BCUT2D eigenvalue weighted by Crippen LogP contribution is 2.19. The molecule has 4 nitrogen and oxygen atoms in total. The summed E-state index contributed by atoms with van der Waals surface area (Å²) in [5.41, 5.74) is 2.72. The zero-order chi connectivity index (χ0) is 15.4. The second-order valence-corrected chi connectivity index (χ2v) is 4.78. The molecule has 2 aromatic rings. The Hall–Kier alpha value is -2.62. The fourth-order valence-electron chi connectivity index (χ4n) is 2.07. The van der Waals surface area contributed by atoms with Gasteiger partial charge in [-0.1, -0.05) is 30.3 Å². The van der Waals surface area contributed by atoms with Crippen LogP contribution < -0.4 is 0 Å². The molecule has 0 atom stereocenters. The molecule has 0 spiro atoms. The molecule has 0 aromatic heterocycles. The minimum atomic E-state index is -1.00. The maximum absolute atomic E-state index is 12.1. The SMILES string of the molecule is Cc1c(C(=O)O)ccc(C(=O)OCc2ccccc2)c1C. The van der Waals surface area contributed by atoms with E-state index in [9.17, 15) is 9.59 Å². The van der Waals surface area contributed by atoms with Gasteiger partial charge in [0.15, 0.2) is 0 Å². The highest BCUT2D eigenvalue weighted by Gasteiger charge is 2.16. The van der Waals surface area contributed by atoms with E-state index >= 15 is 0 Å². The first-order chi connectivity index (χ1) is 10.0. The summed E-state index contributed by atoms with van der Waals surface area (Å²) in [4.78, 5) is 23.2. The van der Waals surface area contributed by atoms with Crippen molar-refractivity contribution in [3.63, 3.8) is 0 Å². The van der Waals surface area contributed by atoms with Crippen LogP contribution in [0.2, 0.25) is 0 Å². The van der Waals surface area contributed by atoms with Gasteiger partial charge in [0.05, 0.1) is 11.1 Å². The number of carboxylic acid groups (broad SMARTS) is 1. The maximum Gasteiger partial charge on any atom is 0.338 e. The summed E-state index contributed by atoms with van der Waals surface area (Å²) >= 11 is 0. The third-order valence-corrected chi connectivity index (χ3v) is 3.45. The number of ether oxygens (including phenoxy) is 1. The van der Waals surface area contributed by atoms with E-state index in [2.05, 4.69) is 0 Å². The van der Waals surface area contributed by atoms with Crippen LogP contribution in [-0.4, -0.2) is 17.0 Å². The second kappa shape index (κ2) is 6.22. The molecule has 2 aromatic carbocycles. The maximum atomic E-state index is 12.1. The van der Waals surface area contributed by atoms with Crippen LogP contribution in [0, 0.1) is 13.8 Å². The number of hydrogen-bond acceptors (Lipinski definition) is 3. The smallest absolute Gasteiger partial charge is 0.338 e. The number of carboxylic acids is 1. The predicted molar refractivity (Wildman–Crippen MR) is 78.4 cm³/mol. The van der Waals surface area contributed by atoms with Crippen LogP contribution in [0.1, 0.15) is 37.4 Å². The third-order valence-electron chi connectivity index (χ3n) is 3.45. The Morgan fingerprint density at radius 3 is 2.14 bits per heavy atom. The molecule has 0 fully saturated rings. The van der Waals surface area contributed by atoms with Crippen LogP contribution in [-0.2, 0) is 11.3 Å². The monoisotopic (exact) mass is 284 g/mol. The Labute approximate surface area is 123 Å². The van der Waals surface area contributed by atoms with Crippen molar-refractivity contribution < 1.29 is 19.4 Å². The van der Waals surface area contributed by atoms with Gasteiger partial charge in [-0.3, -0.25) is 0 Å². The number of hydrogen-bond donors (Lipinski definition) is 1. The van der Waals surface area contributed by atoms with E-state index in [-0.39, 0.29) is 12.2 Å². The van der Waals surface area contributed by atoms with Crippen LogP contribution in [0.4, 0.5) is 0 Å². The summed E-state index contributed by atoms with van der Waals surface area (Å²) in [5, 5.41) is 9.06. The van der Waals surface area contributed by atoms with Crippen molar-refractivity contribution in [2.24, 2.45) is 0 Å². The summed E-state index contributed by atoms with van der Waals surface area (Å²) < 4.78 is 5.26. The van der Waals surface area contributed by atoms with Gasteiger partial charge in [0.2, 0.25) is 0 Å². The summed E-state index contributed by atoms with van der Waals surface area (Å²) in [6, 6.07) is 12.3. The normalized spacial score (nSPS) is 10.2. The molecule has 0 unspecified atom stereocenters. The second-order valence-electron chi connectivity index (χ2n) is 4.78. The van der Waals surface area contributed by atoms with Gasteiger partial charge in [0, 0.05) is 0 Å². The quantitative estimate of drug-likeness (QED) is 0.874. The third kappa shape index (κ3) is 3.28. The molecule has 0 saturated carbocycles. The Kier molecular flexibility index (Phi) is 4.38. The topological polar surface area (TPSA) is 63.6 Å². The molecular formula is C17H16O4. The molecule has 0 heterocycles. The van der Waals surface area contributed by atoms with Gasteiger partial charge < -0.3 is 9.84 Å². The van der Waals surface area contributed by atoms with Gasteiger partial charge in [-0.15, -0.1) is 0 Å². The summed E-state index contributed by atoms with van der Waals surface area (Å²) in [5.74, 6) is -1.45. The molecule has 0 bridgehead atoms. The molecule has 21 heavy (non-hydrogen) atoms. The van der Waals surface area contributed by atoms with E-state index in [1.165, 1.54) is 12.1 Å². The van der Waals surface area contributed by atoms with Gasteiger partial charge in [0.1, 0.15) is 6.61 Å². The summed E-state index contributed by atoms with van der Waals surface area (Å²) in [6.07, 6.45) is 0. The number of benzene rings is 2. The zero-order valence-electron chi connectivity index (χ0n) is 11.9. The summed E-state index contributed by atoms with van der Waals surface area (Å²) in [7, 11) is 0. The lowest BCUT2D eigenvalue weighted by atomic mass is 9.98.